The fraction of sp³-hybridized carbons (Fsp3) is 0.250. The Hall–Kier alpha value is -2.81. The molecule has 0 unspecified atom stereocenters. The van der Waals surface area contributed by atoms with Crippen LogP contribution in [0, 0.1) is 0 Å². The van der Waals surface area contributed by atoms with Crippen molar-refractivity contribution in [3.8, 4) is 5.75 Å². The average Bonchev–Trinajstić information content (AvgIpc) is 3.06. The number of ether oxygens (including phenoxy) is 1. The lowest BCUT2D eigenvalue weighted by Gasteiger charge is -2.21. The molecule has 2 aromatic rings. The number of nitrogens with one attached hydrogen (secondary N) is 1. The summed E-state index contributed by atoms with van der Waals surface area (Å²) < 4.78 is 35.3. The Labute approximate surface area is 146 Å². The van der Waals surface area contributed by atoms with Crippen LogP contribution >= 0.6 is 0 Å². The highest BCUT2D eigenvalue weighted by atomic mass is 32.2. The summed E-state index contributed by atoms with van der Waals surface area (Å²) in [6.07, 6.45) is 3.82. The van der Waals surface area contributed by atoms with E-state index < -0.39 is 22.5 Å². The van der Waals surface area contributed by atoms with Gasteiger partial charge in [0, 0.05) is 0 Å². The third-order valence-electron chi connectivity index (χ3n) is 3.05. The fourth-order valence-electron chi connectivity index (χ4n) is 1.97. The lowest BCUT2D eigenvalue weighted by molar-refractivity contribution is -0.119. The van der Waals surface area contributed by atoms with Gasteiger partial charge in [0.15, 0.2) is 0 Å². The summed E-state index contributed by atoms with van der Waals surface area (Å²) in [7, 11) is -3.65. The minimum atomic E-state index is -3.65. The Morgan fingerprint density at radius 3 is 2.60 bits per heavy atom. The van der Waals surface area contributed by atoms with Gasteiger partial charge < -0.3 is 9.15 Å². The van der Waals surface area contributed by atoms with Gasteiger partial charge in [-0.25, -0.2) is 13.8 Å². The second-order valence-electron chi connectivity index (χ2n) is 5.01. The molecule has 1 N–H and O–H groups in total. The zero-order valence-electron chi connectivity index (χ0n) is 13.9. The van der Waals surface area contributed by atoms with Gasteiger partial charge in [-0.2, -0.15) is 5.10 Å². The van der Waals surface area contributed by atoms with E-state index in [4.69, 9.17) is 9.15 Å². The standard InChI is InChI=1S/C16H19N3O5S/c1-3-23-14-8-6-13(7-9-14)19(25(2,21)22)12-16(20)18-17-11-15-5-4-10-24-15/h4-11H,3,12H2,1-2H3,(H,18,20)/b17-11-. The van der Waals surface area contributed by atoms with E-state index in [0.717, 1.165) is 10.6 Å². The Kier molecular flexibility index (Phi) is 6.18. The first-order valence-corrected chi connectivity index (χ1v) is 9.31. The van der Waals surface area contributed by atoms with Crippen molar-refractivity contribution in [1.29, 1.82) is 0 Å². The SMILES string of the molecule is CCOc1ccc(N(CC(=O)N/N=C\c2ccco2)S(C)(=O)=O)cc1. The number of anilines is 1. The Morgan fingerprint density at radius 1 is 1.32 bits per heavy atom. The quantitative estimate of drug-likeness (QED) is 0.565. The maximum absolute atomic E-state index is 12.0. The zero-order valence-corrected chi connectivity index (χ0v) is 14.7. The van der Waals surface area contributed by atoms with Crippen LogP contribution in [0.25, 0.3) is 0 Å². The normalized spacial score (nSPS) is 11.4. The molecule has 1 aromatic heterocycles. The van der Waals surface area contributed by atoms with Gasteiger partial charge in [0.2, 0.25) is 10.0 Å². The van der Waals surface area contributed by atoms with E-state index in [0.29, 0.717) is 23.8 Å². The van der Waals surface area contributed by atoms with Gasteiger partial charge in [0.05, 0.1) is 31.0 Å². The van der Waals surface area contributed by atoms with Crippen LogP contribution < -0.4 is 14.5 Å². The number of carbonyl (C=O) groups excluding carboxylic acids is 1. The van der Waals surface area contributed by atoms with Gasteiger partial charge in [0.1, 0.15) is 18.1 Å². The first-order valence-electron chi connectivity index (χ1n) is 7.46. The van der Waals surface area contributed by atoms with Crippen LogP contribution in [-0.2, 0) is 14.8 Å². The average molecular weight is 365 g/mol. The molecule has 2 rings (SSSR count). The molecule has 0 atom stereocenters. The molecule has 9 heteroatoms. The van der Waals surface area contributed by atoms with Crippen LogP contribution in [0.2, 0.25) is 0 Å². The fourth-order valence-corrected chi connectivity index (χ4v) is 2.83. The molecule has 134 valence electrons. The molecule has 0 saturated heterocycles. The summed E-state index contributed by atoms with van der Waals surface area (Å²) in [6.45, 7) is 1.96. The Balaban J connectivity index is 2.06. The number of hydrazone groups is 1. The van der Waals surface area contributed by atoms with Crippen LogP contribution in [0.15, 0.2) is 52.2 Å². The molecule has 0 aliphatic carbocycles. The van der Waals surface area contributed by atoms with Crippen molar-refractivity contribution in [2.24, 2.45) is 5.10 Å². The molecule has 0 bridgehead atoms. The van der Waals surface area contributed by atoms with E-state index in [-0.39, 0.29) is 0 Å². The summed E-state index contributed by atoms with van der Waals surface area (Å²) in [4.78, 5) is 12.0. The zero-order chi connectivity index (χ0) is 18.3. The molecular formula is C16H19N3O5S. The van der Waals surface area contributed by atoms with Crippen molar-refractivity contribution < 1.29 is 22.4 Å². The molecule has 0 radical (unpaired) electrons. The number of hydrogen-bond acceptors (Lipinski definition) is 6. The van der Waals surface area contributed by atoms with Crippen molar-refractivity contribution in [3.05, 3.63) is 48.4 Å². The number of rotatable bonds is 8. The van der Waals surface area contributed by atoms with Gasteiger partial charge in [-0.15, -0.1) is 0 Å². The van der Waals surface area contributed by atoms with Crippen LogP contribution in [0.4, 0.5) is 5.69 Å². The predicted molar refractivity (Wildman–Crippen MR) is 94.2 cm³/mol. The van der Waals surface area contributed by atoms with E-state index in [1.165, 1.54) is 12.5 Å². The van der Waals surface area contributed by atoms with Crippen molar-refractivity contribution in [2.45, 2.75) is 6.92 Å². The molecule has 0 spiro atoms. The van der Waals surface area contributed by atoms with E-state index in [1.54, 1.807) is 36.4 Å². The minimum absolute atomic E-state index is 0.358. The molecule has 8 nitrogen and oxygen atoms in total. The maximum Gasteiger partial charge on any atom is 0.260 e. The highest BCUT2D eigenvalue weighted by Gasteiger charge is 2.20. The van der Waals surface area contributed by atoms with E-state index in [1.807, 2.05) is 6.92 Å². The van der Waals surface area contributed by atoms with Crippen LogP contribution in [0.5, 0.6) is 5.75 Å². The monoisotopic (exact) mass is 365 g/mol. The third-order valence-corrected chi connectivity index (χ3v) is 4.19. The number of carbonyl (C=O) groups is 1. The number of amides is 1. The second-order valence-corrected chi connectivity index (χ2v) is 6.91. The maximum atomic E-state index is 12.0. The summed E-state index contributed by atoms with van der Waals surface area (Å²) in [5.41, 5.74) is 2.62. The number of benzene rings is 1. The van der Waals surface area contributed by atoms with Crippen molar-refractivity contribution >= 4 is 27.8 Å². The largest absolute Gasteiger partial charge is 0.494 e. The van der Waals surface area contributed by atoms with E-state index in [2.05, 4.69) is 10.5 Å². The van der Waals surface area contributed by atoms with Gasteiger partial charge in [-0.3, -0.25) is 9.10 Å². The van der Waals surface area contributed by atoms with Crippen molar-refractivity contribution in [2.75, 3.05) is 23.7 Å². The van der Waals surface area contributed by atoms with Crippen LogP contribution in [-0.4, -0.2) is 39.9 Å². The lowest BCUT2D eigenvalue weighted by Crippen LogP contribution is -2.38. The van der Waals surface area contributed by atoms with Gasteiger partial charge >= 0.3 is 0 Å². The molecule has 0 aliphatic rings. The van der Waals surface area contributed by atoms with Gasteiger partial charge in [-0.1, -0.05) is 0 Å². The molecule has 0 fully saturated rings. The van der Waals surface area contributed by atoms with E-state index in [9.17, 15) is 13.2 Å². The highest BCUT2D eigenvalue weighted by molar-refractivity contribution is 7.92. The molecule has 0 aliphatic heterocycles. The summed E-state index contributed by atoms with van der Waals surface area (Å²) >= 11 is 0. The molecule has 0 saturated carbocycles. The molecular weight excluding hydrogens is 346 g/mol. The predicted octanol–water partition coefficient (Wildman–Crippen LogP) is 1.59. The Morgan fingerprint density at radius 2 is 2.04 bits per heavy atom. The second kappa shape index (κ2) is 8.34. The molecule has 1 aromatic carbocycles. The summed E-state index contributed by atoms with van der Waals surface area (Å²) in [6, 6.07) is 9.78. The number of nitrogens with zero attached hydrogens (tertiary/aromatic N) is 2. The smallest absolute Gasteiger partial charge is 0.260 e. The topological polar surface area (TPSA) is 101 Å². The lowest BCUT2D eigenvalue weighted by atomic mass is 10.3. The first kappa shape index (κ1) is 18.5. The number of hydrogen-bond donors (Lipinski definition) is 1. The summed E-state index contributed by atoms with van der Waals surface area (Å²) in [5.74, 6) is 0.501. The summed E-state index contributed by atoms with van der Waals surface area (Å²) in [5, 5.41) is 3.72. The highest BCUT2D eigenvalue weighted by Crippen LogP contribution is 2.21. The first-order chi connectivity index (χ1) is 11.9. The number of sulfonamides is 1. The number of furan rings is 1. The van der Waals surface area contributed by atoms with Crippen molar-refractivity contribution in [3.63, 3.8) is 0 Å². The van der Waals surface area contributed by atoms with Gasteiger partial charge in [0.25, 0.3) is 5.91 Å². The molecule has 25 heavy (non-hydrogen) atoms. The van der Waals surface area contributed by atoms with Gasteiger partial charge in [-0.05, 0) is 43.3 Å². The third kappa shape index (κ3) is 5.64. The molecule has 1 heterocycles. The van der Waals surface area contributed by atoms with Crippen LogP contribution in [0.1, 0.15) is 12.7 Å². The van der Waals surface area contributed by atoms with Crippen LogP contribution in [0.3, 0.4) is 0 Å². The minimum Gasteiger partial charge on any atom is -0.494 e. The van der Waals surface area contributed by atoms with E-state index >= 15 is 0 Å². The molecule has 1 amide bonds. The Bertz CT molecular complexity index is 814. The van der Waals surface area contributed by atoms with Crippen molar-refractivity contribution in [1.82, 2.24) is 5.43 Å².